The molecule has 1 spiro atoms. The Bertz CT molecular complexity index is 1110. The molecule has 1 aromatic carbocycles. The number of carbonyl (C=O) groups is 2. The Hall–Kier alpha value is -2.59. The van der Waals surface area contributed by atoms with Crippen LogP contribution in [0.4, 0.5) is 13.2 Å². The largest absolute Gasteiger partial charge is 0.462 e. The van der Waals surface area contributed by atoms with Gasteiger partial charge in [0.25, 0.3) is 5.91 Å². The normalized spacial score (nSPS) is 17.6. The third kappa shape index (κ3) is 5.33. The van der Waals surface area contributed by atoms with E-state index in [9.17, 15) is 22.8 Å². The van der Waals surface area contributed by atoms with Crippen LogP contribution in [-0.4, -0.2) is 48.0 Å². The van der Waals surface area contributed by atoms with Crippen molar-refractivity contribution >= 4 is 23.5 Å². The number of ether oxygens (including phenoxy) is 2. The number of esters is 1. The summed E-state index contributed by atoms with van der Waals surface area (Å²) in [6.07, 6.45) is -1.32. The maximum Gasteiger partial charge on any atom is 0.417 e. The Morgan fingerprint density at radius 1 is 1.31 bits per heavy atom. The van der Waals surface area contributed by atoms with Crippen molar-refractivity contribution in [3.63, 3.8) is 0 Å². The first-order valence-electron chi connectivity index (χ1n) is 11.6. The van der Waals surface area contributed by atoms with Gasteiger partial charge >= 0.3 is 12.1 Å². The fraction of sp³-hybridized carbons (Fsp3) is 0.542. The zero-order valence-corrected chi connectivity index (χ0v) is 20.1. The van der Waals surface area contributed by atoms with Crippen LogP contribution in [0.1, 0.15) is 63.9 Å². The summed E-state index contributed by atoms with van der Waals surface area (Å²) < 4.78 is 51.7. The van der Waals surface area contributed by atoms with Gasteiger partial charge in [0.2, 0.25) is 0 Å². The molecule has 1 aromatic heterocycles. The summed E-state index contributed by atoms with van der Waals surface area (Å²) in [6, 6.07) is 3.13. The van der Waals surface area contributed by atoms with Crippen LogP contribution in [0.25, 0.3) is 0 Å². The molecule has 4 rings (SSSR count). The first kappa shape index (κ1) is 25.5. The van der Waals surface area contributed by atoms with E-state index in [2.05, 4.69) is 10.4 Å². The molecule has 2 aliphatic rings. The average Bonchev–Trinajstić information content (AvgIpc) is 3.10. The van der Waals surface area contributed by atoms with Gasteiger partial charge in [-0.1, -0.05) is 24.6 Å². The van der Waals surface area contributed by atoms with E-state index in [4.69, 9.17) is 21.1 Å². The minimum atomic E-state index is -4.67. The second-order valence-corrected chi connectivity index (χ2v) is 9.35. The first-order valence-corrected chi connectivity index (χ1v) is 12.0. The molecule has 1 fully saturated rings. The Morgan fingerprint density at radius 3 is 2.74 bits per heavy atom. The SMILES string of the molecule is CCc1nn(CCCOC(=O)c2cccc(C(F)(F)F)c2Cl)c2c1C(=O)NCC1(CCOCC1)C2. The number of fused-ring (bicyclic) bond motifs is 1. The van der Waals surface area contributed by atoms with Gasteiger partial charge in [0.1, 0.15) is 0 Å². The molecule has 35 heavy (non-hydrogen) atoms. The summed E-state index contributed by atoms with van der Waals surface area (Å²) in [4.78, 5) is 25.2. The van der Waals surface area contributed by atoms with Crippen LogP contribution in [0.3, 0.4) is 0 Å². The molecule has 11 heteroatoms. The summed E-state index contributed by atoms with van der Waals surface area (Å²) in [5.74, 6) is -1.05. The highest BCUT2D eigenvalue weighted by Crippen LogP contribution is 2.38. The lowest BCUT2D eigenvalue weighted by Crippen LogP contribution is -2.40. The van der Waals surface area contributed by atoms with E-state index in [-0.39, 0.29) is 23.5 Å². The molecule has 7 nitrogen and oxygen atoms in total. The molecular weight excluding hydrogens is 487 g/mol. The van der Waals surface area contributed by atoms with Gasteiger partial charge in [-0.05, 0) is 43.2 Å². The van der Waals surface area contributed by atoms with Crippen molar-refractivity contribution in [1.29, 1.82) is 0 Å². The van der Waals surface area contributed by atoms with E-state index in [1.165, 1.54) is 6.07 Å². The number of hydrogen-bond acceptors (Lipinski definition) is 5. The van der Waals surface area contributed by atoms with Gasteiger partial charge in [-0.15, -0.1) is 0 Å². The molecule has 0 unspecified atom stereocenters. The molecule has 0 saturated carbocycles. The fourth-order valence-electron chi connectivity index (χ4n) is 4.72. The Balaban J connectivity index is 1.45. The molecule has 1 amide bonds. The number of benzene rings is 1. The minimum Gasteiger partial charge on any atom is -0.462 e. The number of alkyl halides is 3. The average molecular weight is 514 g/mol. The van der Waals surface area contributed by atoms with Gasteiger partial charge in [0.15, 0.2) is 0 Å². The molecule has 190 valence electrons. The molecule has 0 atom stereocenters. The zero-order valence-electron chi connectivity index (χ0n) is 19.3. The van der Waals surface area contributed by atoms with E-state index in [1.807, 2.05) is 6.92 Å². The lowest BCUT2D eigenvalue weighted by atomic mass is 9.76. The molecule has 1 N–H and O–H groups in total. The topological polar surface area (TPSA) is 82.5 Å². The molecule has 2 aliphatic heterocycles. The van der Waals surface area contributed by atoms with Crippen molar-refractivity contribution in [3.05, 3.63) is 51.3 Å². The molecule has 1 saturated heterocycles. The number of carbonyl (C=O) groups excluding carboxylic acids is 2. The minimum absolute atomic E-state index is 0.0350. The van der Waals surface area contributed by atoms with E-state index >= 15 is 0 Å². The Kier molecular flexibility index (Phi) is 7.42. The smallest absolute Gasteiger partial charge is 0.417 e. The maximum atomic E-state index is 13.1. The number of nitrogens with zero attached hydrogens (tertiary/aromatic N) is 2. The number of aryl methyl sites for hydroxylation is 2. The van der Waals surface area contributed by atoms with E-state index in [0.717, 1.165) is 30.7 Å². The van der Waals surface area contributed by atoms with Crippen LogP contribution in [0.5, 0.6) is 0 Å². The van der Waals surface area contributed by atoms with Crippen LogP contribution >= 0.6 is 11.6 Å². The van der Waals surface area contributed by atoms with Crippen LogP contribution in [0.2, 0.25) is 5.02 Å². The summed E-state index contributed by atoms with van der Waals surface area (Å²) >= 11 is 5.81. The lowest BCUT2D eigenvalue weighted by Gasteiger charge is -2.36. The van der Waals surface area contributed by atoms with Crippen LogP contribution < -0.4 is 5.32 Å². The number of rotatable bonds is 6. The van der Waals surface area contributed by atoms with E-state index < -0.39 is 22.7 Å². The third-order valence-corrected chi connectivity index (χ3v) is 7.09. The van der Waals surface area contributed by atoms with Gasteiger partial charge in [-0.25, -0.2) is 4.79 Å². The van der Waals surface area contributed by atoms with Crippen LogP contribution in [0.15, 0.2) is 18.2 Å². The number of hydrogen-bond donors (Lipinski definition) is 1. The van der Waals surface area contributed by atoms with E-state index in [0.29, 0.717) is 56.8 Å². The van der Waals surface area contributed by atoms with Gasteiger partial charge in [-0.3, -0.25) is 9.48 Å². The van der Waals surface area contributed by atoms with Crippen molar-refractivity contribution < 1.29 is 32.2 Å². The highest BCUT2D eigenvalue weighted by molar-refractivity contribution is 6.34. The summed E-state index contributed by atoms with van der Waals surface area (Å²) in [7, 11) is 0. The van der Waals surface area contributed by atoms with Crippen molar-refractivity contribution in [2.24, 2.45) is 5.41 Å². The number of nitrogens with one attached hydrogen (secondary N) is 1. The predicted molar refractivity (Wildman–Crippen MR) is 121 cm³/mol. The van der Waals surface area contributed by atoms with E-state index in [1.54, 1.807) is 4.68 Å². The van der Waals surface area contributed by atoms with Gasteiger partial charge in [0, 0.05) is 32.7 Å². The highest BCUT2D eigenvalue weighted by atomic mass is 35.5. The summed E-state index contributed by atoms with van der Waals surface area (Å²) in [5.41, 5.74) is 0.694. The monoisotopic (exact) mass is 513 g/mol. The predicted octanol–water partition coefficient (Wildman–Crippen LogP) is 4.45. The van der Waals surface area contributed by atoms with Gasteiger partial charge < -0.3 is 14.8 Å². The number of halogens is 4. The number of amides is 1. The third-order valence-electron chi connectivity index (χ3n) is 6.68. The zero-order chi connectivity index (χ0) is 25.2. The molecule has 0 bridgehead atoms. The fourth-order valence-corrected chi connectivity index (χ4v) is 5.03. The summed E-state index contributed by atoms with van der Waals surface area (Å²) in [6.45, 7) is 4.18. The second-order valence-electron chi connectivity index (χ2n) is 8.97. The Morgan fingerprint density at radius 2 is 2.06 bits per heavy atom. The highest BCUT2D eigenvalue weighted by Gasteiger charge is 2.39. The molecule has 3 heterocycles. The van der Waals surface area contributed by atoms with Crippen molar-refractivity contribution in [2.75, 3.05) is 26.4 Å². The Labute approximate surface area is 205 Å². The second kappa shape index (κ2) is 10.2. The molecular formula is C24H27ClF3N3O4. The van der Waals surface area contributed by atoms with Crippen LogP contribution in [-0.2, 0) is 35.0 Å². The molecule has 0 aliphatic carbocycles. The quantitative estimate of drug-likeness (QED) is 0.456. The molecule has 2 aromatic rings. The van der Waals surface area contributed by atoms with Crippen molar-refractivity contribution in [3.8, 4) is 0 Å². The first-order chi connectivity index (χ1) is 16.6. The molecule has 0 radical (unpaired) electrons. The maximum absolute atomic E-state index is 13.1. The lowest BCUT2D eigenvalue weighted by molar-refractivity contribution is -0.137. The van der Waals surface area contributed by atoms with Crippen molar-refractivity contribution in [2.45, 2.75) is 51.7 Å². The number of aromatic nitrogens is 2. The van der Waals surface area contributed by atoms with Gasteiger partial charge in [0.05, 0.1) is 39.7 Å². The van der Waals surface area contributed by atoms with Crippen molar-refractivity contribution in [1.82, 2.24) is 15.1 Å². The summed E-state index contributed by atoms with van der Waals surface area (Å²) in [5, 5.41) is 7.03. The van der Waals surface area contributed by atoms with Gasteiger partial charge in [-0.2, -0.15) is 18.3 Å². The standard InChI is InChI=1S/C24H27ClF3N3O4/c1-2-17-19-18(13-23(14-29-21(19)32)7-11-34-12-8-23)31(30-17)9-4-10-35-22(33)15-5-3-6-16(20(15)25)24(26,27)28/h3,5-6H,2,4,7-14H2,1H3,(H,29,32). The van der Waals surface area contributed by atoms with Crippen LogP contribution in [0, 0.1) is 5.41 Å².